The van der Waals surface area contributed by atoms with E-state index in [1.807, 2.05) is 6.08 Å². The van der Waals surface area contributed by atoms with E-state index in [1.54, 1.807) is 6.92 Å². The summed E-state index contributed by atoms with van der Waals surface area (Å²) in [4.78, 5) is 24.6. The van der Waals surface area contributed by atoms with Gasteiger partial charge in [-0.2, -0.15) is 0 Å². The number of ether oxygens (including phenoxy) is 1. The zero-order valence-electron chi connectivity index (χ0n) is 10.1. The van der Waals surface area contributed by atoms with Crippen LogP contribution < -0.4 is 0 Å². The summed E-state index contributed by atoms with van der Waals surface area (Å²) in [6, 6.07) is -0.444. The summed E-state index contributed by atoms with van der Waals surface area (Å²) in [6.45, 7) is 3.23. The summed E-state index contributed by atoms with van der Waals surface area (Å²) in [5.41, 5.74) is 0. The minimum absolute atomic E-state index is 0.0138. The van der Waals surface area contributed by atoms with Crippen molar-refractivity contribution in [3.8, 4) is 0 Å². The van der Waals surface area contributed by atoms with Crippen LogP contribution in [0.2, 0.25) is 0 Å². The van der Waals surface area contributed by atoms with Crippen molar-refractivity contribution in [1.29, 1.82) is 0 Å². The van der Waals surface area contributed by atoms with Crippen molar-refractivity contribution in [3.63, 3.8) is 0 Å². The van der Waals surface area contributed by atoms with Crippen LogP contribution in [0.1, 0.15) is 33.1 Å². The van der Waals surface area contributed by atoms with Crippen LogP contribution in [0.5, 0.6) is 0 Å². The Bertz CT molecular complexity index is 299. The van der Waals surface area contributed by atoms with Gasteiger partial charge >= 0.3 is 6.09 Å². The Morgan fingerprint density at radius 3 is 2.62 bits per heavy atom. The molecule has 0 saturated carbocycles. The standard InChI is InChI=1S/C12H19NO3/c1-9(10(2)14)13(12(15)16-3)11-7-5-4-6-8-11/h5,7,9,11H,4,6,8H2,1-3H3. The molecule has 1 rings (SSSR count). The first-order valence-corrected chi connectivity index (χ1v) is 5.61. The van der Waals surface area contributed by atoms with E-state index in [0.29, 0.717) is 0 Å². The predicted molar refractivity (Wildman–Crippen MR) is 61.2 cm³/mol. The lowest BCUT2D eigenvalue weighted by Gasteiger charge is -2.33. The number of methoxy groups -OCH3 is 1. The molecule has 2 atom stereocenters. The van der Waals surface area contributed by atoms with E-state index in [0.717, 1.165) is 19.3 Å². The number of allylic oxidation sites excluding steroid dienone is 1. The van der Waals surface area contributed by atoms with E-state index >= 15 is 0 Å². The third-order valence-electron chi connectivity index (χ3n) is 2.98. The van der Waals surface area contributed by atoms with Gasteiger partial charge in [0.1, 0.15) is 0 Å². The maximum Gasteiger partial charge on any atom is 0.410 e. The monoisotopic (exact) mass is 225 g/mol. The van der Waals surface area contributed by atoms with Crippen molar-refractivity contribution in [2.45, 2.75) is 45.2 Å². The zero-order chi connectivity index (χ0) is 12.1. The SMILES string of the molecule is COC(=O)N(C1C=CCCC1)C(C)C(C)=O. The van der Waals surface area contributed by atoms with Crippen LogP contribution in [0.3, 0.4) is 0 Å². The molecule has 0 spiro atoms. The van der Waals surface area contributed by atoms with E-state index in [4.69, 9.17) is 4.74 Å². The third-order valence-corrected chi connectivity index (χ3v) is 2.98. The average Bonchev–Trinajstić information content (AvgIpc) is 2.30. The third kappa shape index (κ3) is 2.84. The normalized spacial score (nSPS) is 21.3. The van der Waals surface area contributed by atoms with Gasteiger partial charge in [-0.1, -0.05) is 12.2 Å². The lowest BCUT2D eigenvalue weighted by atomic mass is 10.00. The van der Waals surface area contributed by atoms with Gasteiger partial charge in [0, 0.05) is 0 Å². The molecule has 0 aromatic carbocycles. The molecule has 0 aliphatic heterocycles. The molecule has 0 radical (unpaired) electrons. The van der Waals surface area contributed by atoms with Crippen molar-refractivity contribution in [3.05, 3.63) is 12.2 Å². The van der Waals surface area contributed by atoms with Gasteiger partial charge in [0.05, 0.1) is 19.2 Å². The predicted octanol–water partition coefficient (Wildman–Crippen LogP) is 2.14. The molecule has 16 heavy (non-hydrogen) atoms. The van der Waals surface area contributed by atoms with Gasteiger partial charge < -0.3 is 4.74 Å². The molecule has 0 aromatic rings. The summed E-state index contributed by atoms with van der Waals surface area (Å²) in [7, 11) is 1.34. The quantitative estimate of drug-likeness (QED) is 0.691. The van der Waals surface area contributed by atoms with Crippen LogP contribution in [0.15, 0.2) is 12.2 Å². The second-order valence-electron chi connectivity index (χ2n) is 4.09. The molecular weight excluding hydrogens is 206 g/mol. The molecule has 4 heteroatoms. The van der Waals surface area contributed by atoms with Gasteiger partial charge in [-0.3, -0.25) is 9.69 Å². The Morgan fingerprint density at radius 2 is 2.19 bits per heavy atom. The van der Waals surface area contributed by atoms with Crippen molar-refractivity contribution >= 4 is 11.9 Å². The maximum absolute atomic E-state index is 11.7. The fourth-order valence-corrected chi connectivity index (χ4v) is 1.91. The first kappa shape index (κ1) is 12.7. The number of Topliss-reactive ketones (excluding diaryl/α,β-unsaturated/α-hetero) is 1. The summed E-state index contributed by atoms with van der Waals surface area (Å²) < 4.78 is 4.74. The van der Waals surface area contributed by atoms with Crippen LogP contribution in [-0.4, -0.2) is 36.0 Å². The number of rotatable bonds is 3. The summed E-state index contributed by atoms with van der Waals surface area (Å²) in [5.74, 6) is -0.0237. The Hall–Kier alpha value is -1.32. The second-order valence-corrected chi connectivity index (χ2v) is 4.09. The molecule has 1 aliphatic rings. The smallest absolute Gasteiger partial charge is 0.410 e. The van der Waals surface area contributed by atoms with E-state index in [2.05, 4.69) is 6.08 Å². The Morgan fingerprint density at radius 1 is 1.50 bits per heavy atom. The van der Waals surface area contributed by atoms with E-state index in [1.165, 1.54) is 18.9 Å². The number of carbonyl (C=O) groups is 2. The topological polar surface area (TPSA) is 46.6 Å². The lowest BCUT2D eigenvalue weighted by molar-refractivity contribution is -0.121. The number of hydrogen-bond acceptors (Lipinski definition) is 3. The van der Waals surface area contributed by atoms with Gasteiger partial charge in [-0.25, -0.2) is 4.79 Å². The van der Waals surface area contributed by atoms with Crippen LogP contribution in [0.4, 0.5) is 4.79 Å². The molecule has 0 bridgehead atoms. The minimum atomic E-state index is -0.431. The highest BCUT2D eigenvalue weighted by Crippen LogP contribution is 2.20. The van der Waals surface area contributed by atoms with Crippen molar-refractivity contribution in [2.75, 3.05) is 7.11 Å². The van der Waals surface area contributed by atoms with Crippen LogP contribution in [0.25, 0.3) is 0 Å². The number of ketones is 1. The molecule has 4 nitrogen and oxygen atoms in total. The van der Waals surface area contributed by atoms with E-state index in [9.17, 15) is 9.59 Å². The van der Waals surface area contributed by atoms with Gasteiger partial charge in [0.25, 0.3) is 0 Å². The van der Waals surface area contributed by atoms with Gasteiger partial charge in [-0.05, 0) is 33.1 Å². The average molecular weight is 225 g/mol. The molecule has 1 aliphatic carbocycles. The van der Waals surface area contributed by atoms with Gasteiger partial charge in [0.2, 0.25) is 0 Å². The molecule has 0 heterocycles. The molecule has 0 saturated heterocycles. The van der Waals surface area contributed by atoms with Crippen molar-refractivity contribution < 1.29 is 14.3 Å². The summed E-state index contributed by atoms with van der Waals surface area (Å²) >= 11 is 0. The van der Waals surface area contributed by atoms with E-state index in [-0.39, 0.29) is 11.8 Å². The largest absolute Gasteiger partial charge is 0.453 e. The highest BCUT2D eigenvalue weighted by molar-refractivity contribution is 5.85. The first-order chi connectivity index (χ1) is 7.57. The molecule has 0 fully saturated rings. The second kappa shape index (κ2) is 5.68. The number of carbonyl (C=O) groups excluding carboxylic acids is 2. The Kier molecular flexibility index (Phi) is 4.52. The first-order valence-electron chi connectivity index (χ1n) is 5.61. The van der Waals surface area contributed by atoms with Crippen molar-refractivity contribution in [1.82, 2.24) is 4.90 Å². The van der Waals surface area contributed by atoms with Crippen molar-refractivity contribution in [2.24, 2.45) is 0 Å². The molecule has 1 amide bonds. The zero-order valence-corrected chi connectivity index (χ0v) is 10.1. The lowest BCUT2D eigenvalue weighted by Crippen LogP contribution is -2.48. The minimum Gasteiger partial charge on any atom is -0.453 e. The van der Waals surface area contributed by atoms with E-state index < -0.39 is 12.1 Å². The van der Waals surface area contributed by atoms with Gasteiger partial charge in [0.15, 0.2) is 5.78 Å². The summed E-state index contributed by atoms with van der Waals surface area (Å²) in [5, 5.41) is 0. The van der Waals surface area contributed by atoms with Gasteiger partial charge in [-0.15, -0.1) is 0 Å². The maximum atomic E-state index is 11.7. The summed E-state index contributed by atoms with van der Waals surface area (Å²) in [6.07, 6.45) is 6.58. The highest BCUT2D eigenvalue weighted by Gasteiger charge is 2.30. The molecule has 90 valence electrons. The number of nitrogens with zero attached hydrogens (tertiary/aromatic N) is 1. The molecule has 2 unspecified atom stereocenters. The Balaban J connectivity index is 2.85. The molecule has 0 N–H and O–H groups in total. The van der Waals surface area contributed by atoms with Crippen LogP contribution >= 0.6 is 0 Å². The molecular formula is C12H19NO3. The highest BCUT2D eigenvalue weighted by atomic mass is 16.5. The number of hydrogen-bond donors (Lipinski definition) is 0. The number of amides is 1. The fourth-order valence-electron chi connectivity index (χ4n) is 1.91. The molecule has 0 aromatic heterocycles. The Labute approximate surface area is 96.3 Å². The van der Waals surface area contributed by atoms with Crippen LogP contribution in [0, 0.1) is 0 Å². The van der Waals surface area contributed by atoms with Crippen LogP contribution in [-0.2, 0) is 9.53 Å². The fraction of sp³-hybridized carbons (Fsp3) is 0.667.